The zero-order valence-corrected chi connectivity index (χ0v) is 22.4. The van der Waals surface area contributed by atoms with Gasteiger partial charge in [-0.2, -0.15) is 5.10 Å². The maximum atomic E-state index is 14.3. The van der Waals surface area contributed by atoms with Crippen molar-refractivity contribution in [2.75, 3.05) is 0 Å². The number of rotatable bonds is 9. The summed E-state index contributed by atoms with van der Waals surface area (Å²) in [6.07, 6.45) is 1.58. The van der Waals surface area contributed by atoms with E-state index < -0.39 is 29.2 Å². The third-order valence-electron chi connectivity index (χ3n) is 7.01. The number of carbonyl (C=O) groups is 2. The molecular weight excluding hydrogens is 531 g/mol. The Hall–Kier alpha value is -4.79. The molecule has 1 N–H and O–H groups in total. The molecule has 0 bridgehead atoms. The summed E-state index contributed by atoms with van der Waals surface area (Å²) in [5, 5.41) is 15.2. The van der Waals surface area contributed by atoms with Crippen molar-refractivity contribution in [3.05, 3.63) is 113 Å². The molecule has 2 aromatic heterocycles. The minimum absolute atomic E-state index is 0.0412. The second-order valence-corrected chi connectivity index (χ2v) is 10.1. The molecule has 9 heteroatoms. The number of aryl methyl sites for hydroxylation is 1. The Morgan fingerprint density at radius 2 is 1.73 bits per heavy atom. The number of carbonyl (C=O) groups excluding carboxylic acids is 2. The van der Waals surface area contributed by atoms with E-state index in [0.717, 1.165) is 11.5 Å². The molecule has 0 aliphatic rings. The zero-order valence-electron chi connectivity index (χ0n) is 22.4. The summed E-state index contributed by atoms with van der Waals surface area (Å²) in [6, 6.07) is 15.6. The molecule has 3 aromatic carbocycles. The highest BCUT2D eigenvalue weighted by Crippen LogP contribution is 2.34. The molecule has 0 radical (unpaired) electrons. The van der Waals surface area contributed by atoms with Gasteiger partial charge in [-0.15, -0.1) is 0 Å². The highest BCUT2D eigenvalue weighted by Gasteiger charge is 2.24. The first-order valence-corrected chi connectivity index (χ1v) is 13.0. The molecule has 5 rings (SSSR count). The van der Waals surface area contributed by atoms with E-state index in [2.05, 4.69) is 10.1 Å². The van der Waals surface area contributed by atoms with Gasteiger partial charge < -0.3 is 5.11 Å². The first-order chi connectivity index (χ1) is 19.6. The minimum Gasteiger partial charge on any atom is -0.508 e. The van der Waals surface area contributed by atoms with Gasteiger partial charge in [0.1, 0.15) is 29.7 Å². The Kier molecular flexibility index (Phi) is 7.70. The third kappa shape index (κ3) is 6.04. The fraction of sp³-hybridized carbons (Fsp3) is 0.188. The Bertz CT molecular complexity index is 1780. The molecule has 41 heavy (non-hydrogen) atoms. The first kappa shape index (κ1) is 27.8. The van der Waals surface area contributed by atoms with Gasteiger partial charge in [0.2, 0.25) is 0 Å². The lowest BCUT2D eigenvalue weighted by molar-refractivity contribution is -0.120. The highest BCUT2D eigenvalue weighted by molar-refractivity contribution is 5.95. The van der Waals surface area contributed by atoms with Gasteiger partial charge in [-0.05, 0) is 73.9 Å². The SMILES string of the molecule is CC(=O)c1cc(-c2cccnc2[C@@H](CC(=O)Cn2nc(C)c3ccc(O)cc32)Cc2cc(F)cc(F)c2)ccc1F. The number of Topliss-reactive ketones (excluding diaryl/α,β-unsaturated/α-hetero) is 2. The summed E-state index contributed by atoms with van der Waals surface area (Å²) < 4.78 is 44.0. The standard InChI is InChI=1S/C32H26F3N3O3/c1-18-27-7-6-25(40)16-31(27)38(37-18)17-26(41)13-22(10-20-11-23(33)15-24(34)12-20)32-28(4-3-9-36-32)21-5-8-30(35)29(14-21)19(2)39/h3-9,11-12,14-16,22,40H,10,13,17H2,1-2H3/t22-/m1/s1. The van der Waals surface area contributed by atoms with E-state index in [1.807, 2.05) is 0 Å². The van der Waals surface area contributed by atoms with Crippen LogP contribution in [0.4, 0.5) is 13.2 Å². The number of nitrogens with zero attached hydrogens (tertiary/aromatic N) is 3. The van der Waals surface area contributed by atoms with Crippen LogP contribution in [-0.2, 0) is 17.8 Å². The number of aromatic hydroxyl groups is 1. The Morgan fingerprint density at radius 1 is 0.976 bits per heavy atom. The van der Waals surface area contributed by atoms with Crippen molar-refractivity contribution in [2.45, 2.75) is 39.2 Å². The number of hydrogen-bond acceptors (Lipinski definition) is 5. The summed E-state index contributed by atoms with van der Waals surface area (Å²) in [5.41, 5.74) is 3.10. The second-order valence-electron chi connectivity index (χ2n) is 10.1. The zero-order chi connectivity index (χ0) is 29.3. The lowest BCUT2D eigenvalue weighted by Crippen LogP contribution is -2.17. The molecule has 0 aliphatic heterocycles. The molecule has 0 spiro atoms. The van der Waals surface area contributed by atoms with E-state index in [9.17, 15) is 27.9 Å². The van der Waals surface area contributed by atoms with Crippen LogP contribution in [0.5, 0.6) is 5.75 Å². The highest BCUT2D eigenvalue weighted by atomic mass is 19.1. The van der Waals surface area contributed by atoms with Crippen molar-refractivity contribution >= 4 is 22.5 Å². The number of phenolic OH excluding ortho intramolecular Hbond substituents is 1. The quantitative estimate of drug-likeness (QED) is 0.204. The van der Waals surface area contributed by atoms with Crippen LogP contribution in [0, 0.1) is 24.4 Å². The van der Waals surface area contributed by atoms with Gasteiger partial charge in [-0.1, -0.05) is 12.1 Å². The number of aromatic nitrogens is 3. The van der Waals surface area contributed by atoms with Crippen molar-refractivity contribution in [3.63, 3.8) is 0 Å². The average molecular weight is 558 g/mol. The Labute approximate surface area is 234 Å². The van der Waals surface area contributed by atoms with Crippen molar-refractivity contribution in [1.29, 1.82) is 0 Å². The smallest absolute Gasteiger partial charge is 0.162 e. The van der Waals surface area contributed by atoms with Crippen molar-refractivity contribution in [1.82, 2.24) is 14.8 Å². The molecule has 5 aromatic rings. The number of ketones is 2. The van der Waals surface area contributed by atoms with Crippen LogP contribution >= 0.6 is 0 Å². The summed E-state index contributed by atoms with van der Waals surface area (Å²) in [6.45, 7) is 2.97. The molecule has 0 saturated carbocycles. The number of pyridine rings is 1. The van der Waals surface area contributed by atoms with Gasteiger partial charge in [0.05, 0.1) is 22.5 Å². The third-order valence-corrected chi connectivity index (χ3v) is 7.01. The maximum absolute atomic E-state index is 14.3. The Morgan fingerprint density at radius 3 is 2.46 bits per heavy atom. The second kappa shape index (κ2) is 11.4. The number of benzene rings is 3. The maximum Gasteiger partial charge on any atom is 0.162 e. The van der Waals surface area contributed by atoms with E-state index >= 15 is 0 Å². The molecule has 1 atom stereocenters. The molecule has 6 nitrogen and oxygen atoms in total. The molecular formula is C32H26F3N3O3. The van der Waals surface area contributed by atoms with Crippen LogP contribution in [-0.4, -0.2) is 31.4 Å². The van der Waals surface area contributed by atoms with Crippen molar-refractivity contribution < 1.29 is 27.9 Å². The predicted molar refractivity (Wildman–Crippen MR) is 148 cm³/mol. The van der Waals surface area contributed by atoms with Crippen LogP contribution in [0.1, 0.15) is 46.6 Å². The van der Waals surface area contributed by atoms with Crippen LogP contribution in [0.3, 0.4) is 0 Å². The van der Waals surface area contributed by atoms with Crippen LogP contribution in [0.15, 0.2) is 72.9 Å². The fourth-order valence-corrected chi connectivity index (χ4v) is 5.18. The number of hydrogen-bond donors (Lipinski definition) is 1. The number of halogens is 3. The fourth-order valence-electron chi connectivity index (χ4n) is 5.18. The molecule has 0 fully saturated rings. The normalized spacial score (nSPS) is 12.0. The van der Waals surface area contributed by atoms with E-state index in [-0.39, 0.29) is 36.5 Å². The molecule has 0 aliphatic carbocycles. The van der Waals surface area contributed by atoms with E-state index in [4.69, 9.17) is 0 Å². The summed E-state index contributed by atoms with van der Waals surface area (Å²) in [7, 11) is 0. The van der Waals surface area contributed by atoms with Crippen molar-refractivity contribution in [2.24, 2.45) is 0 Å². The van der Waals surface area contributed by atoms with E-state index in [0.29, 0.717) is 33.6 Å². The predicted octanol–water partition coefficient (Wildman–Crippen LogP) is 6.72. The lowest BCUT2D eigenvalue weighted by Gasteiger charge is -2.20. The average Bonchev–Trinajstić information content (AvgIpc) is 3.21. The van der Waals surface area contributed by atoms with E-state index in [1.165, 1.54) is 48.0 Å². The van der Waals surface area contributed by atoms with Crippen LogP contribution < -0.4 is 0 Å². The van der Waals surface area contributed by atoms with Gasteiger partial charge in [0.25, 0.3) is 0 Å². The van der Waals surface area contributed by atoms with Gasteiger partial charge in [-0.3, -0.25) is 19.3 Å². The lowest BCUT2D eigenvalue weighted by atomic mass is 9.86. The molecule has 208 valence electrons. The molecule has 0 unspecified atom stereocenters. The molecule has 2 heterocycles. The minimum atomic E-state index is -0.741. The number of phenols is 1. The van der Waals surface area contributed by atoms with E-state index in [1.54, 1.807) is 37.4 Å². The van der Waals surface area contributed by atoms with Gasteiger partial charge in [0.15, 0.2) is 11.6 Å². The van der Waals surface area contributed by atoms with Gasteiger partial charge in [-0.25, -0.2) is 13.2 Å². The molecule has 0 saturated heterocycles. The monoisotopic (exact) mass is 557 g/mol. The summed E-state index contributed by atoms with van der Waals surface area (Å²) in [5.74, 6) is -3.38. The summed E-state index contributed by atoms with van der Waals surface area (Å²) in [4.78, 5) is 30.1. The topological polar surface area (TPSA) is 85.1 Å². The van der Waals surface area contributed by atoms with Crippen LogP contribution in [0.2, 0.25) is 0 Å². The number of fused-ring (bicyclic) bond motifs is 1. The Balaban J connectivity index is 1.54. The van der Waals surface area contributed by atoms with Crippen molar-refractivity contribution in [3.8, 4) is 16.9 Å². The van der Waals surface area contributed by atoms with Gasteiger partial charge >= 0.3 is 0 Å². The largest absolute Gasteiger partial charge is 0.508 e. The van der Waals surface area contributed by atoms with Crippen LogP contribution in [0.25, 0.3) is 22.0 Å². The molecule has 0 amide bonds. The van der Waals surface area contributed by atoms with Gasteiger partial charge in [0, 0.05) is 41.6 Å². The first-order valence-electron chi connectivity index (χ1n) is 13.0. The summed E-state index contributed by atoms with van der Waals surface area (Å²) >= 11 is 0.